The number of carbonyl (C=O) groups is 1. The van der Waals surface area contributed by atoms with Crippen LogP contribution in [0.3, 0.4) is 0 Å². The number of carbonyl (C=O) groups excluding carboxylic acids is 1. The van der Waals surface area contributed by atoms with Crippen molar-refractivity contribution in [2.24, 2.45) is 0 Å². The van der Waals surface area contributed by atoms with E-state index in [1.54, 1.807) is 20.8 Å². The fourth-order valence-electron chi connectivity index (χ4n) is 1.34. The molecule has 1 aromatic heterocycles. The van der Waals surface area contributed by atoms with Gasteiger partial charge in [0.05, 0.1) is 11.3 Å². The molecule has 0 aliphatic carbocycles. The van der Waals surface area contributed by atoms with Gasteiger partial charge in [0.25, 0.3) is 5.91 Å². The normalized spacial score (nSPS) is 11.6. The van der Waals surface area contributed by atoms with Crippen LogP contribution >= 0.6 is 0 Å². The van der Waals surface area contributed by atoms with E-state index in [1.165, 1.54) is 0 Å². The molecule has 16 heavy (non-hydrogen) atoms. The Bertz CT molecular complexity index is 377. The first-order valence-corrected chi connectivity index (χ1v) is 5.31. The molecule has 0 bridgehead atoms. The first kappa shape index (κ1) is 12.7. The number of aryl methyl sites for hydroxylation is 2. The summed E-state index contributed by atoms with van der Waals surface area (Å²) < 4.78 is 4.97. The van der Waals surface area contributed by atoms with Crippen LogP contribution in [-0.2, 0) is 6.42 Å². The van der Waals surface area contributed by atoms with E-state index < -0.39 is 5.60 Å². The number of aliphatic hydroxyl groups is 1. The van der Waals surface area contributed by atoms with Crippen molar-refractivity contribution < 1.29 is 14.4 Å². The van der Waals surface area contributed by atoms with Gasteiger partial charge in [-0.2, -0.15) is 0 Å². The van der Waals surface area contributed by atoms with Crippen molar-refractivity contribution >= 4 is 5.91 Å². The fourth-order valence-corrected chi connectivity index (χ4v) is 1.34. The van der Waals surface area contributed by atoms with Gasteiger partial charge in [-0.25, -0.2) is 0 Å². The standard InChI is InChI=1S/C11H18N2O3/c1-5-8-9(7(2)16-13-8)10(14)12-6-11(3,4)15/h15H,5-6H2,1-4H3,(H,12,14). The summed E-state index contributed by atoms with van der Waals surface area (Å²) >= 11 is 0. The first-order valence-electron chi connectivity index (χ1n) is 5.31. The van der Waals surface area contributed by atoms with Crippen molar-refractivity contribution in [1.29, 1.82) is 0 Å². The summed E-state index contributed by atoms with van der Waals surface area (Å²) in [6, 6.07) is 0. The average Bonchev–Trinajstić information content (AvgIpc) is 2.55. The van der Waals surface area contributed by atoms with E-state index in [9.17, 15) is 9.90 Å². The highest BCUT2D eigenvalue weighted by Gasteiger charge is 2.21. The predicted molar refractivity (Wildman–Crippen MR) is 59.2 cm³/mol. The second-order valence-electron chi connectivity index (χ2n) is 4.41. The zero-order valence-corrected chi connectivity index (χ0v) is 10.1. The minimum absolute atomic E-state index is 0.194. The number of aromatic nitrogens is 1. The third-order valence-electron chi connectivity index (χ3n) is 2.18. The lowest BCUT2D eigenvalue weighted by molar-refractivity contribution is 0.0693. The summed E-state index contributed by atoms with van der Waals surface area (Å²) in [5, 5.41) is 16.0. The van der Waals surface area contributed by atoms with Crippen LogP contribution in [0.25, 0.3) is 0 Å². The molecule has 1 aromatic rings. The van der Waals surface area contributed by atoms with Crippen molar-refractivity contribution in [2.45, 2.75) is 39.7 Å². The molecular weight excluding hydrogens is 208 g/mol. The molecule has 1 rings (SSSR count). The van der Waals surface area contributed by atoms with Crippen LogP contribution in [0, 0.1) is 6.92 Å². The number of rotatable bonds is 4. The van der Waals surface area contributed by atoms with Gasteiger partial charge < -0.3 is 14.9 Å². The van der Waals surface area contributed by atoms with E-state index in [2.05, 4.69) is 10.5 Å². The van der Waals surface area contributed by atoms with Crippen LogP contribution in [0.5, 0.6) is 0 Å². The monoisotopic (exact) mass is 226 g/mol. The van der Waals surface area contributed by atoms with Crippen LogP contribution in [0.1, 0.15) is 42.6 Å². The molecule has 90 valence electrons. The third kappa shape index (κ3) is 3.06. The summed E-state index contributed by atoms with van der Waals surface area (Å²) in [4.78, 5) is 11.8. The molecular formula is C11H18N2O3. The molecule has 1 heterocycles. The van der Waals surface area contributed by atoms with Gasteiger partial charge in [-0.15, -0.1) is 0 Å². The van der Waals surface area contributed by atoms with Crippen LogP contribution in [0.15, 0.2) is 4.52 Å². The highest BCUT2D eigenvalue weighted by molar-refractivity contribution is 5.96. The maximum Gasteiger partial charge on any atom is 0.256 e. The second kappa shape index (κ2) is 4.65. The van der Waals surface area contributed by atoms with E-state index in [0.29, 0.717) is 23.4 Å². The van der Waals surface area contributed by atoms with Crippen LogP contribution in [0.4, 0.5) is 0 Å². The molecule has 0 aliphatic rings. The van der Waals surface area contributed by atoms with Gasteiger partial charge in [-0.05, 0) is 27.2 Å². The van der Waals surface area contributed by atoms with Gasteiger partial charge in [0.15, 0.2) is 0 Å². The van der Waals surface area contributed by atoms with Gasteiger partial charge in [0.1, 0.15) is 11.3 Å². The second-order valence-corrected chi connectivity index (χ2v) is 4.41. The highest BCUT2D eigenvalue weighted by Crippen LogP contribution is 2.13. The highest BCUT2D eigenvalue weighted by atomic mass is 16.5. The van der Waals surface area contributed by atoms with Gasteiger partial charge >= 0.3 is 0 Å². The third-order valence-corrected chi connectivity index (χ3v) is 2.18. The van der Waals surface area contributed by atoms with E-state index >= 15 is 0 Å². The zero-order valence-electron chi connectivity index (χ0n) is 10.1. The Balaban J connectivity index is 2.76. The molecule has 0 aromatic carbocycles. The van der Waals surface area contributed by atoms with Gasteiger partial charge in [0, 0.05) is 6.54 Å². The smallest absolute Gasteiger partial charge is 0.256 e. The van der Waals surface area contributed by atoms with Gasteiger partial charge in [0.2, 0.25) is 0 Å². The topological polar surface area (TPSA) is 75.4 Å². The Labute approximate surface area is 94.8 Å². The van der Waals surface area contributed by atoms with Crippen LogP contribution in [0.2, 0.25) is 0 Å². The molecule has 0 saturated carbocycles. The summed E-state index contributed by atoms with van der Waals surface area (Å²) in [5.41, 5.74) is 0.199. The van der Waals surface area contributed by atoms with Crippen molar-refractivity contribution in [2.75, 3.05) is 6.54 Å². The average molecular weight is 226 g/mol. The molecule has 2 N–H and O–H groups in total. The summed E-state index contributed by atoms with van der Waals surface area (Å²) in [7, 11) is 0. The predicted octanol–water partition coefficient (Wildman–Crippen LogP) is 1.05. The summed E-state index contributed by atoms with van der Waals surface area (Å²) in [6.45, 7) is 7.07. The number of hydrogen-bond donors (Lipinski definition) is 2. The minimum atomic E-state index is -0.924. The quantitative estimate of drug-likeness (QED) is 0.804. The Morgan fingerprint density at radius 3 is 2.69 bits per heavy atom. The lowest BCUT2D eigenvalue weighted by Gasteiger charge is -2.17. The largest absolute Gasteiger partial charge is 0.389 e. The molecule has 0 fully saturated rings. The summed E-state index contributed by atoms with van der Waals surface area (Å²) in [6.07, 6.45) is 0.641. The Kier molecular flexibility index (Phi) is 3.70. The first-order chi connectivity index (χ1) is 7.35. The molecule has 1 amide bonds. The van der Waals surface area contributed by atoms with E-state index in [4.69, 9.17) is 4.52 Å². The lowest BCUT2D eigenvalue weighted by atomic mass is 10.1. The number of hydrogen-bond acceptors (Lipinski definition) is 4. The molecule has 0 atom stereocenters. The number of amides is 1. The van der Waals surface area contributed by atoms with E-state index in [1.807, 2.05) is 6.92 Å². The lowest BCUT2D eigenvalue weighted by Crippen LogP contribution is -2.38. The molecule has 0 saturated heterocycles. The molecule has 0 aliphatic heterocycles. The van der Waals surface area contributed by atoms with Crippen molar-refractivity contribution in [3.05, 3.63) is 17.0 Å². The van der Waals surface area contributed by atoms with E-state index in [0.717, 1.165) is 0 Å². The van der Waals surface area contributed by atoms with Crippen LogP contribution in [-0.4, -0.2) is 28.3 Å². The fraction of sp³-hybridized carbons (Fsp3) is 0.636. The van der Waals surface area contributed by atoms with Crippen molar-refractivity contribution in [3.8, 4) is 0 Å². The Morgan fingerprint density at radius 1 is 1.56 bits per heavy atom. The molecule has 0 unspecified atom stereocenters. The maximum atomic E-state index is 11.8. The minimum Gasteiger partial charge on any atom is -0.389 e. The number of nitrogens with one attached hydrogen (secondary N) is 1. The van der Waals surface area contributed by atoms with Gasteiger partial charge in [-0.1, -0.05) is 12.1 Å². The molecule has 5 heteroatoms. The van der Waals surface area contributed by atoms with Crippen molar-refractivity contribution in [1.82, 2.24) is 10.5 Å². The maximum absolute atomic E-state index is 11.8. The molecule has 0 spiro atoms. The Hall–Kier alpha value is -1.36. The zero-order chi connectivity index (χ0) is 12.3. The molecule has 5 nitrogen and oxygen atoms in total. The van der Waals surface area contributed by atoms with E-state index in [-0.39, 0.29) is 12.5 Å². The Morgan fingerprint density at radius 2 is 2.19 bits per heavy atom. The van der Waals surface area contributed by atoms with Crippen molar-refractivity contribution in [3.63, 3.8) is 0 Å². The SMILES string of the molecule is CCc1noc(C)c1C(=O)NCC(C)(C)O. The van der Waals surface area contributed by atoms with Gasteiger partial charge in [-0.3, -0.25) is 4.79 Å². The molecule has 0 radical (unpaired) electrons. The number of nitrogens with zero attached hydrogens (tertiary/aromatic N) is 1. The van der Waals surface area contributed by atoms with Crippen LogP contribution < -0.4 is 5.32 Å². The summed E-state index contributed by atoms with van der Waals surface area (Å²) in [5.74, 6) is 0.253.